The average Bonchev–Trinajstić information content (AvgIpc) is 3.23. The number of amides is 1. The number of aryl methyl sites for hydroxylation is 3. The zero-order valence-electron chi connectivity index (χ0n) is 21.4. The minimum Gasteiger partial charge on any atom is -0.497 e. The standard InChI is InChI=1S/C30H35N3O3/c1-22-10-11-23(2)28(20-22)36-19-7-6-18-33-27-9-5-4-8-26(27)32-29(33)16-17-31-30(34)21-24-12-14-25(35-3)15-13-24/h4-5,8-15,20H,6-7,16-19,21H2,1-3H3,(H,31,34). The zero-order chi connectivity index (χ0) is 25.3. The second kappa shape index (κ2) is 12.2. The summed E-state index contributed by atoms with van der Waals surface area (Å²) >= 11 is 0. The molecule has 0 aliphatic rings. The highest BCUT2D eigenvalue weighted by atomic mass is 16.5. The molecule has 0 bridgehead atoms. The molecule has 0 aliphatic carbocycles. The van der Waals surface area contributed by atoms with Crippen molar-refractivity contribution >= 4 is 16.9 Å². The number of unbranched alkanes of at least 4 members (excludes halogenated alkanes) is 1. The van der Waals surface area contributed by atoms with Crippen LogP contribution >= 0.6 is 0 Å². The number of carbonyl (C=O) groups is 1. The second-order valence-corrected chi connectivity index (χ2v) is 9.12. The minimum atomic E-state index is 0.00594. The average molecular weight is 486 g/mol. The zero-order valence-corrected chi connectivity index (χ0v) is 21.4. The van der Waals surface area contributed by atoms with Gasteiger partial charge in [-0.05, 0) is 73.7 Å². The van der Waals surface area contributed by atoms with Crippen LogP contribution in [0.3, 0.4) is 0 Å². The molecule has 0 aliphatic heterocycles. The van der Waals surface area contributed by atoms with E-state index in [1.807, 2.05) is 42.5 Å². The van der Waals surface area contributed by atoms with Crippen LogP contribution in [0.4, 0.5) is 0 Å². The van der Waals surface area contributed by atoms with Gasteiger partial charge in [-0.3, -0.25) is 4.79 Å². The molecule has 3 aromatic carbocycles. The Morgan fingerprint density at radius 3 is 2.61 bits per heavy atom. The number of nitrogens with zero attached hydrogens (tertiary/aromatic N) is 2. The number of aromatic nitrogens is 2. The largest absolute Gasteiger partial charge is 0.497 e. The lowest BCUT2D eigenvalue weighted by molar-refractivity contribution is -0.120. The fourth-order valence-electron chi connectivity index (χ4n) is 4.29. The van der Waals surface area contributed by atoms with Gasteiger partial charge in [0, 0.05) is 19.5 Å². The summed E-state index contributed by atoms with van der Waals surface area (Å²) in [5.41, 5.74) is 5.46. The van der Waals surface area contributed by atoms with Crippen molar-refractivity contribution in [3.8, 4) is 11.5 Å². The maximum Gasteiger partial charge on any atom is 0.224 e. The van der Waals surface area contributed by atoms with E-state index in [-0.39, 0.29) is 5.91 Å². The summed E-state index contributed by atoms with van der Waals surface area (Å²) in [4.78, 5) is 17.3. The molecule has 0 fully saturated rings. The summed E-state index contributed by atoms with van der Waals surface area (Å²) in [6, 6.07) is 22.1. The van der Waals surface area contributed by atoms with Gasteiger partial charge in [0.1, 0.15) is 17.3 Å². The fourth-order valence-corrected chi connectivity index (χ4v) is 4.29. The monoisotopic (exact) mass is 485 g/mol. The number of hydrogen-bond donors (Lipinski definition) is 1. The molecule has 4 rings (SSSR count). The molecule has 4 aromatic rings. The van der Waals surface area contributed by atoms with Crippen LogP contribution in [0.2, 0.25) is 0 Å². The van der Waals surface area contributed by atoms with Gasteiger partial charge in [-0.1, -0.05) is 36.4 Å². The first-order chi connectivity index (χ1) is 17.5. The minimum absolute atomic E-state index is 0.00594. The molecule has 0 saturated carbocycles. The summed E-state index contributed by atoms with van der Waals surface area (Å²) in [6.45, 7) is 6.27. The third-order valence-electron chi connectivity index (χ3n) is 6.31. The Labute approximate surface area is 213 Å². The lowest BCUT2D eigenvalue weighted by atomic mass is 10.1. The van der Waals surface area contributed by atoms with Gasteiger partial charge in [0.25, 0.3) is 0 Å². The fraction of sp³-hybridized carbons (Fsp3) is 0.333. The Balaban J connectivity index is 1.29. The van der Waals surface area contributed by atoms with E-state index in [0.29, 0.717) is 26.0 Å². The molecule has 0 radical (unpaired) electrons. The van der Waals surface area contributed by atoms with Crippen LogP contribution in [-0.2, 0) is 24.2 Å². The Morgan fingerprint density at radius 2 is 1.81 bits per heavy atom. The predicted octanol–water partition coefficient (Wildman–Crippen LogP) is 5.42. The van der Waals surface area contributed by atoms with Crippen molar-refractivity contribution in [2.45, 2.75) is 46.1 Å². The lowest BCUT2D eigenvalue weighted by Gasteiger charge is -2.12. The summed E-state index contributed by atoms with van der Waals surface area (Å²) in [7, 11) is 1.63. The molecule has 1 N–H and O–H groups in total. The summed E-state index contributed by atoms with van der Waals surface area (Å²) in [5.74, 6) is 2.76. The molecule has 1 amide bonds. The number of rotatable bonds is 12. The number of nitrogens with one attached hydrogen (secondary N) is 1. The van der Waals surface area contributed by atoms with Crippen LogP contribution in [-0.4, -0.2) is 35.7 Å². The molecule has 6 heteroatoms. The van der Waals surface area contributed by atoms with E-state index >= 15 is 0 Å². The summed E-state index contributed by atoms with van der Waals surface area (Å²) < 4.78 is 13.5. The quantitative estimate of drug-likeness (QED) is 0.272. The van der Waals surface area contributed by atoms with Gasteiger partial charge in [-0.25, -0.2) is 4.98 Å². The number of hydrogen-bond acceptors (Lipinski definition) is 4. The number of benzene rings is 3. The van der Waals surface area contributed by atoms with E-state index in [2.05, 4.69) is 48.0 Å². The van der Waals surface area contributed by atoms with Crippen molar-refractivity contribution in [3.63, 3.8) is 0 Å². The Bertz CT molecular complexity index is 1290. The van der Waals surface area contributed by atoms with Crippen molar-refractivity contribution in [2.75, 3.05) is 20.3 Å². The SMILES string of the molecule is COc1ccc(CC(=O)NCCc2nc3ccccc3n2CCCCOc2cc(C)ccc2C)cc1. The van der Waals surface area contributed by atoms with E-state index in [1.165, 1.54) is 5.56 Å². The van der Waals surface area contributed by atoms with Gasteiger partial charge in [0.05, 0.1) is 31.2 Å². The Kier molecular flexibility index (Phi) is 8.61. The van der Waals surface area contributed by atoms with Gasteiger partial charge in [0.2, 0.25) is 5.91 Å². The summed E-state index contributed by atoms with van der Waals surface area (Å²) in [6.07, 6.45) is 2.98. The number of carbonyl (C=O) groups excluding carboxylic acids is 1. The highest BCUT2D eigenvalue weighted by molar-refractivity contribution is 5.78. The molecular formula is C30H35N3O3. The van der Waals surface area contributed by atoms with Crippen LogP contribution in [0, 0.1) is 13.8 Å². The molecular weight excluding hydrogens is 450 g/mol. The van der Waals surface area contributed by atoms with Gasteiger partial charge in [-0.2, -0.15) is 0 Å². The number of imidazole rings is 1. The molecule has 1 heterocycles. The Hall–Kier alpha value is -3.80. The maximum absolute atomic E-state index is 12.4. The highest BCUT2D eigenvalue weighted by Gasteiger charge is 2.11. The van der Waals surface area contributed by atoms with E-state index in [9.17, 15) is 4.79 Å². The molecule has 1 aromatic heterocycles. The topological polar surface area (TPSA) is 65.4 Å². The van der Waals surface area contributed by atoms with Gasteiger partial charge >= 0.3 is 0 Å². The van der Waals surface area contributed by atoms with Crippen molar-refractivity contribution in [3.05, 3.63) is 89.2 Å². The van der Waals surface area contributed by atoms with Crippen LogP contribution in [0.15, 0.2) is 66.7 Å². The molecule has 6 nitrogen and oxygen atoms in total. The molecule has 0 unspecified atom stereocenters. The molecule has 0 saturated heterocycles. The number of fused-ring (bicyclic) bond motifs is 1. The number of ether oxygens (including phenoxy) is 2. The third kappa shape index (κ3) is 6.66. The number of methoxy groups -OCH3 is 1. The van der Waals surface area contributed by atoms with E-state index in [1.54, 1.807) is 7.11 Å². The first-order valence-corrected chi connectivity index (χ1v) is 12.6. The third-order valence-corrected chi connectivity index (χ3v) is 6.31. The van der Waals surface area contributed by atoms with Crippen molar-refractivity contribution < 1.29 is 14.3 Å². The van der Waals surface area contributed by atoms with Crippen LogP contribution in [0.5, 0.6) is 11.5 Å². The highest BCUT2D eigenvalue weighted by Crippen LogP contribution is 2.20. The number of para-hydroxylation sites is 2. The summed E-state index contributed by atoms with van der Waals surface area (Å²) in [5, 5.41) is 3.04. The van der Waals surface area contributed by atoms with E-state index in [0.717, 1.165) is 58.9 Å². The first kappa shape index (κ1) is 25.3. The van der Waals surface area contributed by atoms with Crippen molar-refractivity contribution in [2.24, 2.45) is 0 Å². The van der Waals surface area contributed by atoms with Crippen molar-refractivity contribution in [1.29, 1.82) is 0 Å². The lowest BCUT2D eigenvalue weighted by Crippen LogP contribution is -2.28. The maximum atomic E-state index is 12.4. The molecule has 188 valence electrons. The van der Waals surface area contributed by atoms with Crippen LogP contribution < -0.4 is 14.8 Å². The second-order valence-electron chi connectivity index (χ2n) is 9.12. The Morgan fingerprint density at radius 1 is 1.00 bits per heavy atom. The van der Waals surface area contributed by atoms with Gasteiger partial charge in [-0.15, -0.1) is 0 Å². The van der Waals surface area contributed by atoms with Gasteiger partial charge in [0.15, 0.2) is 0 Å². The van der Waals surface area contributed by atoms with Crippen LogP contribution in [0.25, 0.3) is 11.0 Å². The van der Waals surface area contributed by atoms with E-state index < -0.39 is 0 Å². The predicted molar refractivity (Wildman–Crippen MR) is 144 cm³/mol. The van der Waals surface area contributed by atoms with Crippen molar-refractivity contribution in [1.82, 2.24) is 14.9 Å². The first-order valence-electron chi connectivity index (χ1n) is 12.6. The normalized spacial score (nSPS) is 11.0. The van der Waals surface area contributed by atoms with Gasteiger partial charge < -0.3 is 19.4 Å². The molecule has 0 spiro atoms. The van der Waals surface area contributed by atoms with Crippen LogP contribution in [0.1, 0.15) is 35.4 Å². The molecule has 36 heavy (non-hydrogen) atoms. The van der Waals surface area contributed by atoms with E-state index in [4.69, 9.17) is 14.5 Å². The smallest absolute Gasteiger partial charge is 0.224 e. The molecule has 0 atom stereocenters.